The Hall–Kier alpha value is -2.44. The maximum atomic E-state index is 12.6. The van der Waals surface area contributed by atoms with Gasteiger partial charge in [-0.05, 0) is 36.3 Å². The fourth-order valence-electron chi connectivity index (χ4n) is 2.25. The van der Waals surface area contributed by atoms with Gasteiger partial charge in [0.1, 0.15) is 0 Å². The zero-order valence-corrected chi connectivity index (χ0v) is 14.3. The van der Waals surface area contributed by atoms with Crippen molar-refractivity contribution in [3.8, 4) is 0 Å². The Morgan fingerprint density at radius 2 is 1.75 bits per heavy atom. The predicted octanol–water partition coefficient (Wildman–Crippen LogP) is 2.76. The molecule has 2 aromatic carbocycles. The number of carboxylic acid groups (broad SMARTS) is 1. The number of thioether (sulfide) groups is 1. The molecule has 1 aliphatic rings. The summed E-state index contributed by atoms with van der Waals surface area (Å²) in [6, 6.07) is 13.7. The largest absolute Gasteiger partial charge is 0.545 e. The summed E-state index contributed by atoms with van der Waals surface area (Å²) in [4.78, 5) is 25.4. The zero-order chi connectivity index (χ0) is 17.3. The highest BCUT2D eigenvalue weighted by molar-refractivity contribution is 8.27. The van der Waals surface area contributed by atoms with Gasteiger partial charge in [0.05, 0.1) is 16.6 Å². The highest BCUT2D eigenvalue weighted by Crippen LogP contribution is 2.36. The van der Waals surface area contributed by atoms with Crippen LogP contribution in [-0.4, -0.2) is 16.2 Å². The Kier molecular flexibility index (Phi) is 4.51. The number of anilines is 1. The molecule has 1 heterocycles. The molecule has 0 radical (unpaired) electrons. The van der Waals surface area contributed by atoms with Gasteiger partial charge in [-0.25, -0.2) is 0 Å². The Bertz CT molecular complexity index is 855. The minimum atomic E-state index is -1.23. The van der Waals surface area contributed by atoms with E-state index in [0.29, 0.717) is 9.23 Å². The van der Waals surface area contributed by atoms with Crippen molar-refractivity contribution in [1.29, 1.82) is 0 Å². The number of thiocarbonyl (C=S) groups is 1. The summed E-state index contributed by atoms with van der Waals surface area (Å²) in [6.45, 7) is 1.98. The number of aryl methyl sites for hydroxylation is 1. The van der Waals surface area contributed by atoms with Gasteiger partial charge in [-0.1, -0.05) is 65.9 Å². The highest BCUT2D eigenvalue weighted by atomic mass is 32.2. The number of rotatable bonds is 3. The molecule has 0 atom stereocenters. The minimum absolute atomic E-state index is 0.0966. The average molecular weight is 354 g/mol. The van der Waals surface area contributed by atoms with Crippen molar-refractivity contribution in [2.75, 3.05) is 4.90 Å². The summed E-state index contributed by atoms with van der Waals surface area (Å²) in [5.74, 6) is -1.41. The number of amides is 1. The number of benzene rings is 2. The topological polar surface area (TPSA) is 60.4 Å². The summed E-state index contributed by atoms with van der Waals surface area (Å²) in [7, 11) is 0. The molecule has 1 saturated heterocycles. The second-order valence-electron chi connectivity index (χ2n) is 5.26. The molecular formula is C18H12NO3S2-. The van der Waals surface area contributed by atoms with Gasteiger partial charge in [-0.2, -0.15) is 0 Å². The number of carbonyl (C=O) groups is 2. The molecule has 0 aromatic heterocycles. The predicted molar refractivity (Wildman–Crippen MR) is 97.6 cm³/mol. The summed E-state index contributed by atoms with van der Waals surface area (Å²) in [5.41, 5.74) is 2.66. The van der Waals surface area contributed by atoms with Crippen molar-refractivity contribution in [3.05, 3.63) is 70.1 Å². The SMILES string of the molecule is Cc1ccc(N2C(=O)/C(=C\c3ccc(C(=O)[O-])cc3)SC2=S)cc1. The standard InChI is InChI=1S/C18H13NO3S2/c1-11-2-8-14(9-3-11)19-16(20)15(24-18(19)23)10-12-4-6-13(7-5-12)17(21)22/h2-10H,1H3,(H,21,22)/p-1/b15-10+. The first kappa shape index (κ1) is 16.4. The Morgan fingerprint density at radius 1 is 1.12 bits per heavy atom. The van der Waals surface area contributed by atoms with E-state index < -0.39 is 5.97 Å². The van der Waals surface area contributed by atoms with Crippen LogP contribution in [0.3, 0.4) is 0 Å². The molecule has 0 saturated carbocycles. The normalized spacial score (nSPS) is 16.0. The molecule has 0 aliphatic carbocycles. The summed E-state index contributed by atoms with van der Waals surface area (Å²) in [6.07, 6.45) is 1.70. The number of carboxylic acids is 1. The van der Waals surface area contributed by atoms with Crippen LogP contribution >= 0.6 is 24.0 Å². The third kappa shape index (κ3) is 3.25. The van der Waals surface area contributed by atoms with Gasteiger partial charge in [0.2, 0.25) is 0 Å². The molecule has 0 bridgehead atoms. The smallest absolute Gasteiger partial charge is 0.270 e. The van der Waals surface area contributed by atoms with E-state index in [-0.39, 0.29) is 11.5 Å². The number of hydrogen-bond donors (Lipinski definition) is 0. The van der Waals surface area contributed by atoms with E-state index in [9.17, 15) is 14.7 Å². The average Bonchev–Trinajstić information content (AvgIpc) is 2.83. The lowest BCUT2D eigenvalue weighted by atomic mass is 10.1. The first-order valence-corrected chi connectivity index (χ1v) is 8.34. The lowest BCUT2D eigenvalue weighted by Crippen LogP contribution is -2.27. The van der Waals surface area contributed by atoms with E-state index in [0.717, 1.165) is 16.8 Å². The molecule has 120 valence electrons. The number of hydrogen-bond acceptors (Lipinski definition) is 5. The van der Waals surface area contributed by atoms with Gasteiger partial charge < -0.3 is 9.90 Å². The molecule has 0 unspecified atom stereocenters. The van der Waals surface area contributed by atoms with Gasteiger partial charge in [-0.3, -0.25) is 9.69 Å². The summed E-state index contributed by atoms with van der Waals surface area (Å²) >= 11 is 6.55. The number of nitrogens with zero attached hydrogens (tertiary/aromatic N) is 1. The number of aromatic carboxylic acids is 1. The molecule has 6 heteroatoms. The monoisotopic (exact) mass is 354 g/mol. The Balaban J connectivity index is 1.87. The van der Waals surface area contributed by atoms with Crippen LogP contribution < -0.4 is 10.0 Å². The first-order chi connectivity index (χ1) is 11.5. The maximum Gasteiger partial charge on any atom is 0.270 e. The van der Waals surface area contributed by atoms with Crippen LogP contribution in [0.25, 0.3) is 6.08 Å². The summed E-state index contributed by atoms with van der Waals surface area (Å²) < 4.78 is 0.474. The molecule has 2 aromatic rings. The molecule has 0 N–H and O–H groups in total. The lowest BCUT2D eigenvalue weighted by Gasteiger charge is -2.14. The van der Waals surface area contributed by atoms with Crippen molar-refractivity contribution in [2.45, 2.75) is 6.92 Å². The van der Waals surface area contributed by atoms with E-state index in [1.54, 1.807) is 18.2 Å². The fourth-order valence-corrected chi connectivity index (χ4v) is 3.55. The van der Waals surface area contributed by atoms with Crippen molar-refractivity contribution in [3.63, 3.8) is 0 Å². The van der Waals surface area contributed by atoms with Gasteiger partial charge in [0, 0.05) is 0 Å². The van der Waals surface area contributed by atoms with Crippen molar-refractivity contribution >= 4 is 51.9 Å². The Labute approximate surface area is 148 Å². The molecule has 1 amide bonds. The van der Waals surface area contributed by atoms with Crippen LogP contribution in [0.15, 0.2) is 53.4 Å². The minimum Gasteiger partial charge on any atom is -0.545 e. The van der Waals surface area contributed by atoms with E-state index in [4.69, 9.17) is 12.2 Å². The quantitative estimate of drug-likeness (QED) is 0.627. The Morgan fingerprint density at radius 3 is 2.33 bits per heavy atom. The molecule has 24 heavy (non-hydrogen) atoms. The highest BCUT2D eigenvalue weighted by Gasteiger charge is 2.33. The molecule has 1 aliphatic heterocycles. The van der Waals surface area contributed by atoms with Gasteiger partial charge in [-0.15, -0.1) is 0 Å². The molecule has 1 fully saturated rings. The van der Waals surface area contributed by atoms with Crippen LogP contribution in [0.1, 0.15) is 21.5 Å². The number of carbonyl (C=O) groups excluding carboxylic acids is 2. The van der Waals surface area contributed by atoms with Crippen LogP contribution in [0.2, 0.25) is 0 Å². The zero-order valence-electron chi connectivity index (χ0n) is 12.7. The van der Waals surface area contributed by atoms with Crippen LogP contribution in [0.4, 0.5) is 5.69 Å². The van der Waals surface area contributed by atoms with Crippen LogP contribution in [0.5, 0.6) is 0 Å². The second kappa shape index (κ2) is 6.59. The van der Waals surface area contributed by atoms with Crippen molar-refractivity contribution in [1.82, 2.24) is 0 Å². The molecule has 0 spiro atoms. The van der Waals surface area contributed by atoms with E-state index in [1.165, 1.54) is 28.8 Å². The maximum absolute atomic E-state index is 12.6. The fraction of sp³-hybridized carbons (Fsp3) is 0.0556. The van der Waals surface area contributed by atoms with Crippen molar-refractivity contribution < 1.29 is 14.7 Å². The van der Waals surface area contributed by atoms with E-state index in [2.05, 4.69) is 0 Å². The second-order valence-corrected chi connectivity index (χ2v) is 6.94. The van der Waals surface area contributed by atoms with Crippen LogP contribution in [0, 0.1) is 6.92 Å². The molecular weight excluding hydrogens is 342 g/mol. The molecule has 4 nitrogen and oxygen atoms in total. The van der Waals surface area contributed by atoms with Crippen molar-refractivity contribution in [2.24, 2.45) is 0 Å². The summed E-state index contributed by atoms with van der Waals surface area (Å²) in [5, 5.41) is 10.8. The van der Waals surface area contributed by atoms with Gasteiger partial charge in [0.15, 0.2) is 4.32 Å². The van der Waals surface area contributed by atoms with E-state index >= 15 is 0 Å². The van der Waals surface area contributed by atoms with E-state index in [1.807, 2.05) is 31.2 Å². The third-order valence-corrected chi connectivity index (χ3v) is 4.83. The first-order valence-electron chi connectivity index (χ1n) is 7.12. The third-order valence-electron chi connectivity index (χ3n) is 3.53. The van der Waals surface area contributed by atoms with Gasteiger partial charge >= 0.3 is 0 Å². The van der Waals surface area contributed by atoms with Crippen LogP contribution in [-0.2, 0) is 4.79 Å². The lowest BCUT2D eigenvalue weighted by molar-refractivity contribution is -0.255. The van der Waals surface area contributed by atoms with Gasteiger partial charge in [0.25, 0.3) is 5.91 Å². The molecule has 3 rings (SSSR count).